The van der Waals surface area contributed by atoms with E-state index in [1.165, 1.54) is 0 Å². The Balaban J connectivity index is 1.78. The molecule has 1 unspecified atom stereocenters. The van der Waals surface area contributed by atoms with Crippen LogP contribution in [0.1, 0.15) is 54.2 Å². The number of carbonyl (C=O) groups excluding carboxylic acids is 2. The zero-order chi connectivity index (χ0) is 20.1. The van der Waals surface area contributed by atoms with E-state index >= 15 is 0 Å². The van der Waals surface area contributed by atoms with Crippen LogP contribution in [0.3, 0.4) is 0 Å². The molecule has 1 aliphatic rings. The Hall–Kier alpha value is -2.82. The molecule has 5 nitrogen and oxygen atoms in total. The van der Waals surface area contributed by atoms with Gasteiger partial charge in [-0.25, -0.2) is 0 Å². The number of amides is 2. The third-order valence-electron chi connectivity index (χ3n) is 5.36. The Bertz CT molecular complexity index is 849. The van der Waals surface area contributed by atoms with E-state index in [2.05, 4.69) is 0 Å². The molecule has 3 rings (SSSR count). The van der Waals surface area contributed by atoms with Crippen LogP contribution >= 0.6 is 0 Å². The minimum Gasteiger partial charge on any atom is -0.497 e. The van der Waals surface area contributed by atoms with Crippen LogP contribution in [0.4, 0.5) is 0 Å². The average Bonchev–Trinajstić information content (AvgIpc) is 3.13. The summed E-state index contributed by atoms with van der Waals surface area (Å²) in [6.07, 6.45) is 1.54. The number of hydrogen-bond acceptors (Lipinski definition) is 3. The van der Waals surface area contributed by atoms with E-state index in [4.69, 9.17) is 4.74 Å². The third kappa shape index (κ3) is 4.35. The van der Waals surface area contributed by atoms with Gasteiger partial charge in [0, 0.05) is 31.6 Å². The van der Waals surface area contributed by atoms with Crippen molar-refractivity contribution in [3.63, 3.8) is 0 Å². The van der Waals surface area contributed by atoms with Crippen LogP contribution in [-0.2, 0) is 11.3 Å². The number of hydrogen-bond donors (Lipinski definition) is 0. The van der Waals surface area contributed by atoms with Crippen LogP contribution in [0, 0.1) is 0 Å². The minimum atomic E-state index is -0.0728. The first kappa shape index (κ1) is 19.9. The predicted molar refractivity (Wildman–Crippen MR) is 109 cm³/mol. The lowest BCUT2D eigenvalue weighted by Gasteiger charge is -2.29. The highest BCUT2D eigenvalue weighted by Gasteiger charge is 2.23. The van der Waals surface area contributed by atoms with Crippen molar-refractivity contribution in [2.45, 2.75) is 39.3 Å². The minimum absolute atomic E-state index is 0.00702. The Morgan fingerprint density at radius 3 is 2.68 bits per heavy atom. The fourth-order valence-electron chi connectivity index (χ4n) is 3.73. The van der Waals surface area contributed by atoms with Crippen molar-refractivity contribution in [3.05, 3.63) is 65.2 Å². The van der Waals surface area contributed by atoms with Gasteiger partial charge in [0.25, 0.3) is 5.91 Å². The molecule has 0 spiro atoms. The topological polar surface area (TPSA) is 49.9 Å². The van der Waals surface area contributed by atoms with E-state index in [0.717, 1.165) is 29.8 Å². The van der Waals surface area contributed by atoms with E-state index in [1.807, 2.05) is 72.2 Å². The van der Waals surface area contributed by atoms with Gasteiger partial charge in [-0.05, 0) is 55.7 Å². The standard InChI is InChI=1S/C23H28N2O3/c1-4-25(17(2)19-9-6-11-21(15-19)28-3)23(27)20-10-5-8-18(14-20)16-24-13-7-12-22(24)26/h5-6,8-11,14-15,17H,4,7,12-13,16H2,1-3H3. The van der Waals surface area contributed by atoms with E-state index in [-0.39, 0.29) is 17.9 Å². The van der Waals surface area contributed by atoms with Crippen LogP contribution in [0.5, 0.6) is 5.75 Å². The van der Waals surface area contributed by atoms with Crippen molar-refractivity contribution in [1.29, 1.82) is 0 Å². The average molecular weight is 380 g/mol. The molecule has 0 saturated carbocycles. The summed E-state index contributed by atoms with van der Waals surface area (Å²) in [4.78, 5) is 28.8. The maximum absolute atomic E-state index is 13.2. The quantitative estimate of drug-likeness (QED) is 0.728. The smallest absolute Gasteiger partial charge is 0.254 e. The normalized spacial score (nSPS) is 14.8. The molecule has 2 amide bonds. The van der Waals surface area contributed by atoms with Crippen molar-refractivity contribution in [2.24, 2.45) is 0 Å². The van der Waals surface area contributed by atoms with Crippen LogP contribution in [-0.4, -0.2) is 41.8 Å². The van der Waals surface area contributed by atoms with Crippen molar-refractivity contribution in [1.82, 2.24) is 9.80 Å². The molecule has 0 aliphatic carbocycles. The van der Waals surface area contributed by atoms with Gasteiger partial charge in [-0.2, -0.15) is 0 Å². The first-order chi connectivity index (χ1) is 13.5. The molecular formula is C23H28N2O3. The fourth-order valence-corrected chi connectivity index (χ4v) is 3.73. The fraction of sp³-hybridized carbons (Fsp3) is 0.391. The Morgan fingerprint density at radius 1 is 1.21 bits per heavy atom. The highest BCUT2D eigenvalue weighted by atomic mass is 16.5. The van der Waals surface area contributed by atoms with Crippen molar-refractivity contribution in [2.75, 3.05) is 20.2 Å². The Morgan fingerprint density at radius 2 is 2.00 bits per heavy atom. The molecule has 1 fully saturated rings. The van der Waals surface area contributed by atoms with Gasteiger partial charge in [0.05, 0.1) is 13.2 Å². The number of benzene rings is 2. The second kappa shape index (κ2) is 8.91. The lowest BCUT2D eigenvalue weighted by atomic mass is 10.0. The highest BCUT2D eigenvalue weighted by molar-refractivity contribution is 5.94. The lowest BCUT2D eigenvalue weighted by Crippen LogP contribution is -2.33. The van der Waals surface area contributed by atoms with Gasteiger partial charge in [-0.3, -0.25) is 9.59 Å². The van der Waals surface area contributed by atoms with Gasteiger partial charge in [0.2, 0.25) is 5.91 Å². The van der Waals surface area contributed by atoms with Gasteiger partial charge < -0.3 is 14.5 Å². The van der Waals surface area contributed by atoms with Crippen molar-refractivity contribution < 1.29 is 14.3 Å². The number of likely N-dealkylation sites (tertiary alicyclic amines) is 1. The van der Waals surface area contributed by atoms with Gasteiger partial charge >= 0.3 is 0 Å². The SMILES string of the molecule is CCN(C(=O)c1cccc(CN2CCCC2=O)c1)C(C)c1cccc(OC)c1. The summed E-state index contributed by atoms with van der Waals surface area (Å²) in [5.41, 5.74) is 2.68. The number of carbonyl (C=O) groups is 2. The molecule has 148 valence electrons. The molecule has 0 N–H and O–H groups in total. The molecule has 2 aromatic carbocycles. The van der Waals surface area contributed by atoms with Crippen LogP contribution in [0.15, 0.2) is 48.5 Å². The van der Waals surface area contributed by atoms with E-state index in [0.29, 0.717) is 25.1 Å². The summed E-state index contributed by atoms with van der Waals surface area (Å²) in [6.45, 7) is 5.98. The van der Waals surface area contributed by atoms with Crippen molar-refractivity contribution in [3.8, 4) is 5.75 Å². The van der Waals surface area contributed by atoms with Gasteiger partial charge in [0.1, 0.15) is 5.75 Å². The van der Waals surface area contributed by atoms with E-state index < -0.39 is 0 Å². The zero-order valence-electron chi connectivity index (χ0n) is 16.9. The van der Waals surface area contributed by atoms with E-state index in [1.54, 1.807) is 7.11 Å². The summed E-state index contributed by atoms with van der Waals surface area (Å²) < 4.78 is 5.32. The molecular weight excluding hydrogens is 352 g/mol. The second-order valence-corrected chi connectivity index (χ2v) is 7.16. The maximum Gasteiger partial charge on any atom is 0.254 e. The zero-order valence-corrected chi connectivity index (χ0v) is 16.9. The summed E-state index contributed by atoms with van der Waals surface area (Å²) in [6, 6.07) is 15.4. The molecule has 0 bridgehead atoms. The number of nitrogens with zero attached hydrogens (tertiary/aromatic N) is 2. The van der Waals surface area contributed by atoms with Gasteiger partial charge in [-0.15, -0.1) is 0 Å². The van der Waals surface area contributed by atoms with E-state index in [9.17, 15) is 9.59 Å². The van der Waals surface area contributed by atoms with Gasteiger partial charge in [-0.1, -0.05) is 24.3 Å². The molecule has 1 heterocycles. The molecule has 0 aromatic heterocycles. The number of ether oxygens (including phenoxy) is 1. The molecule has 0 radical (unpaired) electrons. The number of methoxy groups -OCH3 is 1. The molecule has 1 saturated heterocycles. The monoisotopic (exact) mass is 380 g/mol. The van der Waals surface area contributed by atoms with Crippen LogP contribution < -0.4 is 4.74 Å². The Kier molecular flexibility index (Phi) is 6.34. The maximum atomic E-state index is 13.2. The van der Waals surface area contributed by atoms with Gasteiger partial charge in [0.15, 0.2) is 0 Å². The van der Waals surface area contributed by atoms with Crippen LogP contribution in [0.2, 0.25) is 0 Å². The summed E-state index contributed by atoms with van der Waals surface area (Å²) >= 11 is 0. The summed E-state index contributed by atoms with van der Waals surface area (Å²) in [5.74, 6) is 0.969. The molecule has 1 atom stereocenters. The predicted octanol–water partition coefficient (Wildman–Crippen LogP) is 4.04. The second-order valence-electron chi connectivity index (χ2n) is 7.16. The largest absolute Gasteiger partial charge is 0.497 e. The third-order valence-corrected chi connectivity index (χ3v) is 5.36. The molecule has 1 aliphatic heterocycles. The van der Waals surface area contributed by atoms with Crippen molar-refractivity contribution >= 4 is 11.8 Å². The first-order valence-corrected chi connectivity index (χ1v) is 9.85. The molecule has 5 heteroatoms. The lowest BCUT2D eigenvalue weighted by molar-refractivity contribution is -0.128. The summed E-state index contributed by atoms with van der Waals surface area (Å²) in [5, 5.41) is 0. The Labute approximate surface area is 166 Å². The van der Waals surface area contributed by atoms with Crippen LogP contribution in [0.25, 0.3) is 0 Å². The summed E-state index contributed by atoms with van der Waals surface area (Å²) in [7, 11) is 1.64. The molecule has 28 heavy (non-hydrogen) atoms. The number of rotatable bonds is 7. The first-order valence-electron chi connectivity index (χ1n) is 9.85. The highest BCUT2D eigenvalue weighted by Crippen LogP contribution is 2.26. The molecule has 2 aromatic rings.